The van der Waals surface area contributed by atoms with E-state index in [1.807, 2.05) is 13.8 Å². The molecule has 0 radical (unpaired) electrons. The molecule has 16 N–H and O–H groups in total. The summed E-state index contributed by atoms with van der Waals surface area (Å²) in [6.45, 7) is 11.2. The summed E-state index contributed by atoms with van der Waals surface area (Å²) in [5.41, 5.74) is -1.05. The van der Waals surface area contributed by atoms with Crippen LogP contribution in [0.15, 0.2) is 11.6 Å². The van der Waals surface area contributed by atoms with E-state index < -0.39 is 202 Å². The van der Waals surface area contributed by atoms with Crippen LogP contribution >= 0.6 is 0 Å². The van der Waals surface area contributed by atoms with Crippen LogP contribution in [0.3, 0.4) is 0 Å². The lowest BCUT2D eigenvalue weighted by atomic mass is 9.46. The summed E-state index contributed by atoms with van der Waals surface area (Å²) in [4.78, 5) is 0. The maximum atomic E-state index is 13.0. The molecule has 6 aliphatic heterocycles. The fourth-order valence-corrected chi connectivity index (χ4v) is 16.3. The normalized spacial score (nSPS) is 56.2. The van der Waals surface area contributed by atoms with Gasteiger partial charge in [-0.15, -0.1) is 0 Å². The molecule has 36 atom stereocenters. The monoisotopic (exact) mass is 1210 g/mol. The molecule has 0 unspecified atom stereocenters. The summed E-state index contributed by atoms with van der Waals surface area (Å²) in [5.74, 6) is -2.02. The second kappa shape index (κ2) is 25.0. The van der Waals surface area contributed by atoms with Gasteiger partial charge in [-0.3, -0.25) is 0 Å². The Morgan fingerprint density at radius 2 is 1.11 bits per heavy atom. The van der Waals surface area contributed by atoms with E-state index in [4.69, 9.17) is 52.1 Å². The standard InChI is InChI=1S/C57H94O27/c1-21(20-74-49-41(67)40(66)37(63)31(18-58)79-49)10-15-56(72)25(5)57(73)33(84-56)17-30-28-9-8-26-16-27(11-13-54(26,6)29(28)12-14-55(30,57)7)78-53-48(83-51-43(69)39(65)35(61)23(3)76-51)44(70)46(32(19-59)80-53)81-52-45(71)47(36(62)24(4)77-52)82-50-42(68)38(64)34(60)22(2)75-50/h8,21-25,27-53,58-73H,9-20H2,1-7H3/t21-,22+,23+,24+,25-,27+,28-,29+,30+,31+,32-,33+,34+,35+,36+,37+,38-,39-,40-,41+,42-,43-,44+,45-,46-,47-,48-,49+,50+,51+,52+,53-,54+,55+,56-,57-/m1/s1. The lowest BCUT2D eigenvalue weighted by molar-refractivity contribution is -0.394. The van der Waals surface area contributed by atoms with Crippen LogP contribution in [0.25, 0.3) is 0 Å². The van der Waals surface area contributed by atoms with Crippen molar-refractivity contribution < 1.29 is 134 Å². The Morgan fingerprint density at radius 1 is 0.560 bits per heavy atom. The molecule has 0 aromatic carbocycles. The molecule has 3 saturated carbocycles. The Kier molecular flexibility index (Phi) is 19.6. The topological polar surface area (TPSA) is 425 Å². The SMILES string of the molecule is C[C@H](CC[C@@]1(O)O[C@H]2C[C@H]3[C@@H]4CC=C5C[C@@H](O[C@@H]6O[C@H](CO)[C@@H](O[C@@H]7O[C@@H](C)[C@H](O)[C@@H](O[C@@H]8O[C@@H](C)[C@H](O)[C@@H](O)[C@H]8O)[C@H]7O)[C@H](O)[C@H]6O[C@@H]6O[C@@H](C)[C@H](O)[C@@H](O)[C@H]6O)CC[C@]5(C)[C@H]4CC[C@]3(C)[C@@]2(O)[C@@H]1C)CO[C@H]1O[C@@H](CO)[C@H](O)[C@@H](O)[C@@H]1O. The summed E-state index contributed by atoms with van der Waals surface area (Å²) in [6.07, 6.45) is -32.1. The van der Waals surface area contributed by atoms with Crippen LogP contribution in [0, 0.1) is 40.4 Å². The van der Waals surface area contributed by atoms with Gasteiger partial charge in [0.25, 0.3) is 0 Å². The largest absolute Gasteiger partial charge is 0.394 e. The van der Waals surface area contributed by atoms with E-state index in [-0.39, 0.29) is 42.1 Å². The van der Waals surface area contributed by atoms with E-state index in [2.05, 4.69) is 19.9 Å². The first kappa shape index (κ1) is 65.6. The molecule has 484 valence electrons. The van der Waals surface area contributed by atoms with Gasteiger partial charge in [0.2, 0.25) is 0 Å². The molecule has 6 heterocycles. The van der Waals surface area contributed by atoms with Crippen molar-refractivity contribution in [2.75, 3.05) is 19.8 Å². The van der Waals surface area contributed by atoms with Crippen molar-refractivity contribution in [1.82, 2.24) is 0 Å². The minimum absolute atomic E-state index is 0.0616. The zero-order chi connectivity index (χ0) is 61.0. The van der Waals surface area contributed by atoms with E-state index >= 15 is 0 Å². The van der Waals surface area contributed by atoms with Crippen LogP contribution in [0.1, 0.15) is 106 Å². The predicted molar refractivity (Wildman–Crippen MR) is 281 cm³/mol. The van der Waals surface area contributed by atoms with Gasteiger partial charge in [-0.05, 0) is 101 Å². The van der Waals surface area contributed by atoms with Crippen molar-refractivity contribution in [3.8, 4) is 0 Å². The molecule has 4 aliphatic carbocycles. The summed E-state index contributed by atoms with van der Waals surface area (Å²) >= 11 is 0. The van der Waals surface area contributed by atoms with E-state index in [1.165, 1.54) is 20.8 Å². The van der Waals surface area contributed by atoms with Gasteiger partial charge in [0.15, 0.2) is 37.2 Å². The first-order chi connectivity index (χ1) is 39.5. The summed E-state index contributed by atoms with van der Waals surface area (Å²) in [7, 11) is 0. The molecule has 6 saturated heterocycles. The molecule has 10 aliphatic rings. The number of aliphatic hydroxyl groups is 16. The van der Waals surface area contributed by atoms with Crippen molar-refractivity contribution in [2.24, 2.45) is 40.4 Å². The van der Waals surface area contributed by atoms with Gasteiger partial charge in [0.1, 0.15) is 109 Å². The summed E-state index contributed by atoms with van der Waals surface area (Å²) in [5, 5.41) is 175. The van der Waals surface area contributed by atoms with Gasteiger partial charge in [-0.25, -0.2) is 0 Å². The first-order valence-corrected chi connectivity index (χ1v) is 30.2. The van der Waals surface area contributed by atoms with E-state index in [0.29, 0.717) is 44.9 Å². The molecular weight excluding hydrogens is 1120 g/mol. The second-order valence-corrected chi connectivity index (χ2v) is 26.7. The highest BCUT2D eigenvalue weighted by molar-refractivity contribution is 5.29. The molecule has 0 bridgehead atoms. The van der Waals surface area contributed by atoms with Gasteiger partial charge in [0.05, 0.1) is 50.3 Å². The maximum absolute atomic E-state index is 13.0. The number of ether oxygens (including phenoxy) is 11. The molecule has 0 spiro atoms. The highest BCUT2D eigenvalue weighted by Gasteiger charge is 2.75. The van der Waals surface area contributed by atoms with Crippen LogP contribution in [0.2, 0.25) is 0 Å². The van der Waals surface area contributed by atoms with Crippen LogP contribution in [0.4, 0.5) is 0 Å². The third-order valence-electron chi connectivity index (χ3n) is 21.8. The lowest BCUT2D eigenvalue weighted by Gasteiger charge is -2.59. The van der Waals surface area contributed by atoms with Gasteiger partial charge in [-0.1, -0.05) is 39.3 Å². The number of hydrogen-bond acceptors (Lipinski definition) is 27. The maximum Gasteiger partial charge on any atom is 0.187 e. The molecular formula is C57H94O27. The third-order valence-corrected chi connectivity index (χ3v) is 21.8. The molecule has 27 heteroatoms. The molecule has 10 rings (SSSR count). The Balaban J connectivity index is 0.806. The molecule has 27 nitrogen and oxygen atoms in total. The number of aliphatic hydroxyl groups excluding tert-OH is 14. The van der Waals surface area contributed by atoms with Crippen molar-refractivity contribution >= 4 is 0 Å². The van der Waals surface area contributed by atoms with Gasteiger partial charge in [-0.2, -0.15) is 0 Å². The Labute approximate surface area is 487 Å². The fraction of sp³-hybridized carbons (Fsp3) is 0.965. The zero-order valence-corrected chi connectivity index (χ0v) is 48.7. The fourth-order valence-electron chi connectivity index (χ4n) is 16.3. The van der Waals surface area contributed by atoms with Crippen LogP contribution in [0.5, 0.6) is 0 Å². The van der Waals surface area contributed by atoms with Crippen molar-refractivity contribution in [3.63, 3.8) is 0 Å². The summed E-state index contributed by atoms with van der Waals surface area (Å²) < 4.78 is 66.5. The molecule has 0 amide bonds. The van der Waals surface area contributed by atoms with Gasteiger partial charge >= 0.3 is 0 Å². The first-order valence-electron chi connectivity index (χ1n) is 30.2. The Hall–Kier alpha value is -1.34. The summed E-state index contributed by atoms with van der Waals surface area (Å²) in [6, 6.07) is 0. The van der Waals surface area contributed by atoms with Gasteiger partial charge < -0.3 is 134 Å². The lowest BCUT2D eigenvalue weighted by Crippen LogP contribution is -2.67. The average Bonchev–Trinajstić information content (AvgIpc) is 1.52. The highest BCUT2D eigenvalue weighted by atomic mass is 16.8. The number of fused-ring (bicyclic) bond motifs is 7. The smallest absolute Gasteiger partial charge is 0.187 e. The highest BCUT2D eigenvalue weighted by Crippen LogP contribution is 2.71. The zero-order valence-electron chi connectivity index (χ0n) is 48.7. The predicted octanol–water partition coefficient (Wildman–Crippen LogP) is -4.01. The number of rotatable bonds is 16. The van der Waals surface area contributed by atoms with Crippen molar-refractivity contribution in [1.29, 1.82) is 0 Å². The van der Waals surface area contributed by atoms with Crippen LogP contribution < -0.4 is 0 Å². The van der Waals surface area contributed by atoms with E-state index in [9.17, 15) is 81.7 Å². The van der Waals surface area contributed by atoms with E-state index in [0.717, 1.165) is 12.0 Å². The molecule has 9 fully saturated rings. The Morgan fingerprint density at radius 3 is 1.73 bits per heavy atom. The van der Waals surface area contributed by atoms with Crippen LogP contribution in [-0.2, 0) is 52.1 Å². The average molecular weight is 1210 g/mol. The molecule has 84 heavy (non-hydrogen) atoms. The number of allylic oxidation sites excluding steroid dienone is 1. The van der Waals surface area contributed by atoms with Crippen molar-refractivity contribution in [2.45, 2.75) is 283 Å². The van der Waals surface area contributed by atoms with Gasteiger partial charge in [0, 0.05) is 17.8 Å². The molecule has 0 aromatic heterocycles. The number of hydrogen-bond donors (Lipinski definition) is 16. The minimum atomic E-state index is -1.88. The Bertz CT molecular complexity index is 2250. The van der Waals surface area contributed by atoms with Crippen molar-refractivity contribution in [3.05, 3.63) is 11.6 Å². The third kappa shape index (κ3) is 11.3. The second-order valence-electron chi connectivity index (χ2n) is 26.7. The minimum Gasteiger partial charge on any atom is -0.394 e. The van der Waals surface area contributed by atoms with E-state index in [1.54, 1.807) is 0 Å². The quantitative estimate of drug-likeness (QED) is 0.0655. The molecule has 0 aromatic rings. The van der Waals surface area contributed by atoms with Crippen LogP contribution in [-0.4, -0.2) is 279 Å².